The highest BCUT2D eigenvalue weighted by Gasteiger charge is 2.62. The summed E-state index contributed by atoms with van der Waals surface area (Å²) in [6.07, 6.45) is 5.35. The average Bonchev–Trinajstić information content (AvgIpc) is 3.23. The molecule has 6 nitrogen and oxygen atoms in total. The molecule has 4 saturated carbocycles. The summed E-state index contributed by atoms with van der Waals surface area (Å²) in [5, 5.41) is 67.8. The first-order valence-electron chi connectivity index (χ1n) is 23.5. The van der Waals surface area contributed by atoms with Gasteiger partial charge in [-0.2, -0.15) is 0 Å². The number of aromatic hydroxyl groups is 6. The minimum absolute atomic E-state index is 0.156. The van der Waals surface area contributed by atoms with Gasteiger partial charge in [0.05, 0.1) is 0 Å². The predicted molar refractivity (Wildman–Crippen MR) is 260 cm³/mol. The molecule has 5 atom stereocenters. The van der Waals surface area contributed by atoms with Gasteiger partial charge in [-0.15, -0.1) is 0 Å². The minimum Gasteiger partial charge on any atom is -0.508 e. The molecule has 6 aromatic carbocycles. The van der Waals surface area contributed by atoms with Crippen molar-refractivity contribution in [1.82, 2.24) is 0 Å². The molecule has 0 amide bonds. The van der Waals surface area contributed by atoms with Crippen LogP contribution in [0.3, 0.4) is 0 Å². The Labute approximate surface area is 385 Å². The second kappa shape index (κ2) is 15.6. The van der Waals surface area contributed by atoms with Crippen LogP contribution in [0.4, 0.5) is 0 Å². The average molecular weight is 871 g/mol. The van der Waals surface area contributed by atoms with Gasteiger partial charge >= 0.3 is 0 Å². The highest BCUT2D eigenvalue weighted by molar-refractivity contribution is 5.62. The highest BCUT2D eigenvalue weighted by atomic mass is 16.3. The third-order valence-electron chi connectivity index (χ3n) is 16.9. The van der Waals surface area contributed by atoms with Crippen LogP contribution in [0, 0.1) is 87.0 Å². The summed E-state index contributed by atoms with van der Waals surface area (Å²) < 4.78 is 0. The van der Waals surface area contributed by atoms with Crippen LogP contribution >= 0.6 is 0 Å². The fourth-order valence-corrected chi connectivity index (χ4v) is 13.4. The molecule has 5 unspecified atom stereocenters. The Morgan fingerprint density at radius 3 is 1.17 bits per heavy atom. The van der Waals surface area contributed by atoms with Gasteiger partial charge in [0.25, 0.3) is 0 Å². The first-order chi connectivity index (χ1) is 30.6. The second-order valence-corrected chi connectivity index (χ2v) is 21.2. The number of phenols is 6. The molecule has 10 rings (SSSR count). The van der Waals surface area contributed by atoms with Crippen LogP contribution in [0.5, 0.6) is 34.5 Å². The molecule has 0 aromatic heterocycles. The van der Waals surface area contributed by atoms with Crippen molar-refractivity contribution in [1.29, 1.82) is 0 Å². The van der Waals surface area contributed by atoms with Crippen molar-refractivity contribution in [2.45, 2.75) is 131 Å². The van der Waals surface area contributed by atoms with Crippen molar-refractivity contribution >= 4 is 0 Å². The highest BCUT2D eigenvalue weighted by Crippen LogP contribution is 2.69. The van der Waals surface area contributed by atoms with Gasteiger partial charge in [-0.3, -0.25) is 0 Å². The molecule has 4 aliphatic carbocycles. The fraction of sp³-hybridized carbons (Fsp3) is 0.390. The molecule has 0 spiro atoms. The van der Waals surface area contributed by atoms with Crippen molar-refractivity contribution in [2.75, 3.05) is 0 Å². The first kappa shape index (κ1) is 44.3. The number of phenolic OH excluding ortho intramolecular Hbond substituents is 6. The lowest BCUT2D eigenvalue weighted by molar-refractivity contribution is -0.0727. The van der Waals surface area contributed by atoms with Crippen molar-refractivity contribution in [2.24, 2.45) is 17.8 Å². The minimum atomic E-state index is -0.358. The number of hydrogen-bond acceptors (Lipinski definition) is 6. The van der Waals surface area contributed by atoms with E-state index in [0.29, 0.717) is 17.8 Å². The molecule has 0 saturated heterocycles. The van der Waals surface area contributed by atoms with Gasteiger partial charge < -0.3 is 30.6 Å². The van der Waals surface area contributed by atoms with Crippen molar-refractivity contribution in [3.05, 3.63) is 173 Å². The van der Waals surface area contributed by atoms with E-state index < -0.39 is 0 Å². The van der Waals surface area contributed by atoms with Gasteiger partial charge in [0.1, 0.15) is 34.5 Å². The molecule has 338 valence electrons. The smallest absolute Gasteiger partial charge is 0.122 e. The van der Waals surface area contributed by atoms with Crippen LogP contribution in [0.25, 0.3) is 0 Å². The quantitative estimate of drug-likeness (QED) is 0.0848. The molecular weight excluding hydrogens is 805 g/mol. The zero-order valence-electron chi connectivity index (χ0n) is 40.0. The lowest BCUT2D eigenvalue weighted by Crippen LogP contribution is -2.60. The summed E-state index contributed by atoms with van der Waals surface area (Å²) in [5.74, 6) is 2.19. The summed E-state index contributed by atoms with van der Waals surface area (Å²) in [7, 11) is 0. The van der Waals surface area contributed by atoms with E-state index in [1.165, 1.54) is 17.5 Å². The molecule has 0 heterocycles. The van der Waals surface area contributed by atoms with Gasteiger partial charge in [-0.1, -0.05) is 55.5 Å². The van der Waals surface area contributed by atoms with Gasteiger partial charge in [-0.25, -0.2) is 0 Å². The maximum absolute atomic E-state index is 12.3. The number of benzene rings is 6. The zero-order chi connectivity index (χ0) is 46.8. The number of aryl methyl sites for hydroxylation is 10. The molecule has 4 fully saturated rings. The first-order valence-corrected chi connectivity index (χ1v) is 23.5. The third kappa shape index (κ3) is 7.05. The van der Waals surface area contributed by atoms with Crippen LogP contribution in [0.15, 0.2) is 72.8 Å². The zero-order valence-corrected chi connectivity index (χ0v) is 40.0. The van der Waals surface area contributed by atoms with Crippen LogP contribution in [-0.4, -0.2) is 30.6 Å². The summed E-state index contributed by atoms with van der Waals surface area (Å²) in [5.41, 5.74) is 16.4. The third-order valence-corrected chi connectivity index (χ3v) is 16.9. The Hall–Kier alpha value is -5.88. The molecule has 0 radical (unpaired) electrons. The summed E-state index contributed by atoms with van der Waals surface area (Å²) >= 11 is 0. The molecule has 4 aliphatic rings. The Balaban J connectivity index is 1.24. The second-order valence-electron chi connectivity index (χ2n) is 21.2. The van der Waals surface area contributed by atoms with E-state index in [-0.39, 0.29) is 57.2 Å². The van der Waals surface area contributed by atoms with Crippen molar-refractivity contribution < 1.29 is 30.6 Å². The van der Waals surface area contributed by atoms with Crippen LogP contribution in [0.2, 0.25) is 0 Å². The molecule has 4 bridgehead atoms. The van der Waals surface area contributed by atoms with E-state index >= 15 is 0 Å². The largest absolute Gasteiger partial charge is 0.508 e. The Bertz CT molecular complexity index is 2830. The number of rotatable bonds is 8. The van der Waals surface area contributed by atoms with E-state index in [9.17, 15) is 30.6 Å². The molecule has 6 heteroatoms. The van der Waals surface area contributed by atoms with Crippen LogP contribution in [0.1, 0.15) is 151 Å². The predicted octanol–water partition coefficient (Wildman–Crippen LogP) is 13.4. The maximum atomic E-state index is 12.3. The topological polar surface area (TPSA) is 121 Å². The molecule has 65 heavy (non-hydrogen) atoms. The summed E-state index contributed by atoms with van der Waals surface area (Å²) in [6.45, 7) is 22.3. The lowest BCUT2D eigenvalue weighted by Gasteiger charge is -2.66. The Morgan fingerprint density at radius 1 is 0.400 bits per heavy atom. The van der Waals surface area contributed by atoms with E-state index in [2.05, 4.69) is 55.5 Å². The summed E-state index contributed by atoms with van der Waals surface area (Å²) in [6, 6.07) is 24.6. The maximum Gasteiger partial charge on any atom is 0.122 e. The van der Waals surface area contributed by atoms with E-state index in [1.54, 1.807) is 0 Å². The number of hydrogen-bond donors (Lipinski definition) is 6. The van der Waals surface area contributed by atoms with Gasteiger partial charge in [0.2, 0.25) is 0 Å². The Morgan fingerprint density at radius 2 is 0.769 bits per heavy atom. The van der Waals surface area contributed by atoms with E-state index in [1.807, 2.05) is 93.5 Å². The summed E-state index contributed by atoms with van der Waals surface area (Å²) in [4.78, 5) is 0. The standard InChI is InChI=1S/C59H66O6/c1-29-18-50(60)33(5)14-44(29)54(45-15-34(6)51(61)19-30(45)2)48-23-42(12-37(9)56(48)64)58-25-40-22-41(27-58)39(11)59(26-40,28-58)43-13-38(10)57(65)49(24-43)55(46-16-35(7)52(62)20-31(46)3)47-17-36(8)53(63)21-32(47)4/h12-21,23-24,39-41,54-55,60-65H,22,25-28H2,1-11H3. The SMILES string of the molecule is Cc1cc(C(c2cc(C)c(O)cc2C)c2cc(C34CC5CC(C3)C(C)C(c3cc(C)c(O)c(C(c6cc(C)c(O)cc6C)c6cc(C)c(O)cc6C)c3)(C5)C4)cc(C)c2O)c(C)cc1O. The fourth-order valence-electron chi connectivity index (χ4n) is 13.4. The van der Waals surface area contributed by atoms with Gasteiger partial charge in [-0.05, 0) is 243 Å². The molecule has 6 N–H and O–H groups in total. The van der Waals surface area contributed by atoms with Gasteiger partial charge in [0, 0.05) is 23.0 Å². The van der Waals surface area contributed by atoms with Crippen LogP contribution < -0.4 is 0 Å². The van der Waals surface area contributed by atoms with Crippen molar-refractivity contribution in [3.8, 4) is 34.5 Å². The van der Waals surface area contributed by atoms with Crippen LogP contribution in [-0.2, 0) is 10.8 Å². The Kier molecular flexibility index (Phi) is 10.7. The van der Waals surface area contributed by atoms with E-state index in [0.717, 1.165) is 115 Å². The van der Waals surface area contributed by atoms with Crippen molar-refractivity contribution in [3.63, 3.8) is 0 Å². The monoisotopic (exact) mass is 870 g/mol. The van der Waals surface area contributed by atoms with Gasteiger partial charge in [0.15, 0.2) is 0 Å². The van der Waals surface area contributed by atoms with E-state index in [4.69, 9.17) is 0 Å². The molecular formula is C59H66O6. The normalized spacial score (nSPS) is 22.4. The lowest BCUT2D eigenvalue weighted by atomic mass is 9.38. The molecule has 0 aliphatic heterocycles. The molecule has 6 aromatic rings.